The number of aromatic nitrogens is 2. The number of benzene rings is 1. The van der Waals surface area contributed by atoms with Crippen LogP contribution >= 0.6 is 11.3 Å². The Bertz CT molecular complexity index is 1120. The molecule has 8 heteroatoms. The minimum Gasteiger partial charge on any atom is -0.383 e. The van der Waals surface area contributed by atoms with Gasteiger partial charge in [-0.1, -0.05) is 18.2 Å². The summed E-state index contributed by atoms with van der Waals surface area (Å²) in [5, 5.41) is 9.55. The maximum Gasteiger partial charge on any atom is 0.277 e. The van der Waals surface area contributed by atoms with Gasteiger partial charge in [0.05, 0.1) is 18.0 Å². The SMILES string of the molecule is COCCNC(=O)C1(C)Cn2nc(-c3cccs3)cc2C(=O)N1c1cc(C)ccc1C. The lowest BCUT2D eigenvalue weighted by atomic mass is 9.92. The summed E-state index contributed by atoms with van der Waals surface area (Å²) >= 11 is 1.57. The normalized spacial score (nSPS) is 18.2. The number of anilines is 1. The van der Waals surface area contributed by atoms with Crippen molar-refractivity contribution in [3.63, 3.8) is 0 Å². The lowest BCUT2D eigenvalue weighted by molar-refractivity contribution is -0.126. The van der Waals surface area contributed by atoms with Crippen LogP contribution in [0, 0.1) is 13.8 Å². The molecule has 31 heavy (non-hydrogen) atoms. The van der Waals surface area contributed by atoms with Crippen molar-refractivity contribution in [1.82, 2.24) is 15.1 Å². The fourth-order valence-corrected chi connectivity index (χ4v) is 4.60. The molecular weight excluding hydrogens is 412 g/mol. The van der Waals surface area contributed by atoms with Gasteiger partial charge in [-0.05, 0) is 55.5 Å². The predicted octanol–water partition coefficient (Wildman–Crippen LogP) is 3.41. The van der Waals surface area contributed by atoms with Crippen LogP contribution in [-0.4, -0.2) is 47.4 Å². The average molecular weight is 439 g/mol. The summed E-state index contributed by atoms with van der Waals surface area (Å²) in [6, 6.07) is 11.7. The molecule has 0 spiro atoms. The van der Waals surface area contributed by atoms with Crippen molar-refractivity contribution >= 4 is 28.8 Å². The number of hydrogen-bond acceptors (Lipinski definition) is 5. The fourth-order valence-electron chi connectivity index (χ4n) is 3.92. The summed E-state index contributed by atoms with van der Waals surface area (Å²) in [7, 11) is 1.59. The monoisotopic (exact) mass is 438 g/mol. The van der Waals surface area contributed by atoms with Gasteiger partial charge in [0.15, 0.2) is 0 Å². The van der Waals surface area contributed by atoms with Crippen LogP contribution in [0.5, 0.6) is 0 Å². The zero-order valence-electron chi connectivity index (χ0n) is 18.1. The molecule has 1 atom stereocenters. The van der Waals surface area contributed by atoms with E-state index >= 15 is 0 Å². The van der Waals surface area contributed by atoms with Crippen LogP contribution in [0.1, 0.15) is 28.5 Å². The number of methoxy groups -OCH3 is 1. The molecule has 1 aliphatic heterocycles. The van der Waals surface area contributed by atoms with E-state index in [1.807, 2.05) is 55.6 Å². The first kappa shape index (κ1) is 21.3. The van der Waals surface area contributed by atoms with Crippen molar-refractivity contribution in [2.75, 3.05) is 25.2 Å². The summed E-state index contributed by atoms with van der Waals surface area (Å²) in [5.41, 5.74) is 2.76. The lowest BCUT2D eigenvalue weighted by Crippen LogP contribution is -2.65. The third-order valence-corrected chi connectivity index (χ3v) is 6.51. The van der Waals surface area contributed by atoms with E-state index in [9.17, 15) is 9.59 Å². The number of nitrogens with one attached hydrogen (secondary N) is 1. The Kier molecular flexibility index (Phi) is 5.68. The van der Waals surface area contributed by atoms with Crippen LogP contribution in [-0.2, 0) is 16.1 Å². The Balaban J connectivity index is 1.82. The molecular formula is C23H26N4O3S. The van der Waals surface area contributed by atoms with E-state index in [2.05, 4.69) is 10.4 Å². The highest BCUT2D eigenvalue weighted by Crippen LogP contribution is 2.36. The molecule has 3 heterocycles. The molecule has 1 N–H and O–H groups in total. The smallest absolute Gasteiger partial charge is 0.277 e. The van der Waals surface area contributed by atoms with E-state index in [0.29, 0.717) is 18.8 Å². The first-order chi connectivity index (χ1) is 14.8. The summed E-state index contributed by atoms with van der Waals surface area (Å²) < 4.78 is 6.73. The van der Waals surface area contributed by atoms with E-state index in [0.717, 1.165) is 27.4 Å². The van der Waals surface area contributed by atoms with Crippen molar-refractivity contribution in [2.24, 2.45) is 0 Å². The summed E-state index contributed by atoms with van der Waals surface area (Å²) in [4.78, 5) is 29.8. The Morgan fingerprint density at radius 1 is 1.29 bits per heavy atom. The van der Waals surface area contributed by atoms with Gasteiger partial charge in [0, 0.05) is 19.3 Å². The number of thiophene rings is 1. The van der Waals surface area contributed by atoms with Crippen molar-refractivity contribution in [3.05, 3.63) is 58.6 Å². The molecule has 2 amide bonds. The van der Waals surface area contributed by atoms with Crippen LogP contribution in [0.2, 0.25) is 0 Å². The highest BCUT2D eigenvalue weighted by Gasteiger charge is 2.49. The average Bonchev–Trinajstić information content (AvgIpc) is 3.40. The Morgan fingerprint density at radius 3 is 2.81 bits per heavy atom. The van der Waals surface area contributed by atoms with Crippen molar-refractivity contribution in [1.29, 1.82) is 0 Å². The summed E-state index contributed by atoms with van der Waals surface area (Å²) in [6.07, 6.45) is 0. The quantitative estimate of drug-likeness (QED) is 0.599. The van der Waals surface area contributed by atoms with Gasteiger partial charge in [0.25, 0.3) is 5.91 Å². The standard InChI is InChI=1S/C23H26N4O3S/c1-15-7-8-16(2)18(12-15)27-21(28)19-13-17(20-6-5-11-31-20)25-26(19)14-23(27,3)22(29)24-9-10-30-4/h5-8,11-13H,9-10,14H2,1-4H3,(H,24,29). The molecule has 2 aromatic heterocycles. The second-order valence-electron chi connectivity index (χ2n) is 8.00. The highest BCUT2D eigenvalue weighted by atomic mass is 32.1. The number of fused-ring (bicyclic) bond motifs is 1. The minimum atomic E-state index is -1.14. The molecule has 0 saturated carbocycles. The number of amides is 2. The van der Waals surface area contributed by atoms with Gasteiger partial charge in [-0.25, -0.2) is 0 Å². The third kappa shape index (κ3) is 3.77. The molecule has 0 fully saturated rings. The first-order valence-corrected chi connectivity index (χ1v) is 11.0. The predicted molar refractivity (Wildman–Crippen MR) is 122 cm³/mol. The Hall–Kier alpha value is -2.97. The number of ether oxygens (including phenoxy) is 1. The van der Waals surface area contributed by atoms with Crippen molar-refractivity contribution < 1.29 is 14.3 Å². The van der Waals surface area contributed by atoms with Crippen LogP contribution in [0.15, 0.2) is 41.8 Å². The molecule has 4 rings (SSSR count). The second-order valence-corrected chi connectivity index (χ2v) is 8.95. The van der Waals surface area contributed by atoms with Crippen LogP contribution in [0.25, 0.3) is 10.6 Å². The van der Waals surface area contributed by atoms with Crippen LogP contribution in [0.3, 0.4) is 0 Å². The molecule has 1 unspecified atom stereocenters. The molecule has 0 bridgehead atoms. The summed E-state index contributed by atoms with van der Waals surface area (Å²) in [6.45, 7) is 6.75. The van der Waals surface area contributed by atoms with Crippen molar-refractivity contribution in [2.45, 2.75) is 32.9 Å². The van der Waals surface area contributed by atoms with E-state index < -0.39 is 5.54 Å². The lowest BCUT2D eigenvalue weighted by Gasteiger charge is -2.43. The molecule has 0 aliphatic carbocycles. The molecule has 7 nitrogen and oxygen atoms in total. The number of carbonyl (C=O) groups excluding carboxylic acids is 2. The number of nitrogens with zero attached hydrogens (tertiary/aromatic N) is 3. The van der Waals surface area contributed by atoms with Gasteiger partial charge in [-0.3, -0.25) is 19.2 Å². The Labute approximate surface area is 185 Å². The van der Waals surface area contributed by atoms with Crippen LogP contribution in [0.4, 0.5) is 5.69 Å². The number of aryl methyl sites for hydroxylation is 2. The Morgan fingerprint density at radius 2 is 2.10 bits per heavy atom. The van der Waals surface area contributed by atoms with E-state index in [-0.39, 0.29) is 18.4 Å². The van der Waals surface area contributed by atoms with E-state index in [1.165, 1.54) is 0 Å². The van der Waals surface area contributed by atoms with Gasteiger partial charge in [-0.15, -0.1) is 11.3 Å². The minimum absolute atomic E-state index is 0.236. The maximum absolute atomic E-state index is 13.8. The maximum atomic E-state index is 13.8. The fraction of sp³-hybridized carbons (Fsp3) is 0.348. The third-order valence-electron chi connectivity index (χ3n) is 5.61. The second kappa shape index (κ2) is 8.28. The summed E-state index contributed by atoms with van der Waals surface area (Å²) in [5.74, 6) is -0.475. The zero-order chi connectivity index (χ0) is 22.2. The first-order valence-electron chi connectivity index (χ1n) is 10.2. The highest BCUT2D eigenvalue weighted by molar-refractivity contribution is 7.13. The molecule has 3 aromatic rings. The largest absolute Gasteiger partial charge is 0.383 e. The number of rotatable bonds is 6. The van der Waals surface area contributed by atoms with Gasteiger partial charge in [0.1, 0.15) is 16.9 Å². The number of carbonyl (C=O) groups is 2. The van der Waals surface area contributed by atoms with Gasteiger partial charge in [0.2, 0.25) is 5.91 Å². The van der Waals surface area contributed by atoms with Gasteiger partial charge >= 0.3 is 0 Å². The molecule has 0 saturated heterocycles. The topological polar surface area (TPSA) is 76.5 Å². The van der Waals surface area contributed by atoms with Crippen LogP contribution < -0.4 is 10.2 Å². The molecule has 0 radical (unpaired) electrons. The van der Waals surface area contributed by atoms with Crippen molar-refractivity contribution in [3.8, 4) is 10.6 Å². The van der Waals surface area contributed by atoms with E-state index in [1.54, 1.807) is 35.0 Å². The van der Waals surface area contributed by atoms with Gasteiger partial charge in [-0.2, -0.15) is 5.10 Å². The molecule has 1 aliphatic rings. The van der Waals surface area contributed by atoms with Gasteiger partial charge < -0.3 is 10.1 Å². The van der Waals surface area contributed by atoms with E-state index in [4.69, 9.17) is 4.74 Å². The molecule has 162 valence electrons. The number of hydrogen-bond donors (Lipinski definition) is 1. The zero-order valence-corrected chi connectivity index (χ0v) is 19.0. The molecule has 1 aromatic carbocycles.